The molecular formula is C23H27N5. The van der Waals surface area contributed by atoms with Gasteiger partial charge >= 0.3 is 0 Å². The molecule has 3 aromatic rings. The van der Waals surface area contributed by atoms with Crippen LogP contribution in [0.4, 0.5) is 17.5 Å². The lowest BCUT2D eigenvalue weighted by atomic mass is 10.1. The summed E-state index contributed by atoms with van der Waals surface area (Å²) < 4.78 is 0. The Bertz CT molecular complexity index is 917. The number of piperazine rings is 1. The van der Waals surface area contributed by atoms with Gasteiger partial charge in [0.05, 0.1) is 0 Å². The predicted octanol–water partition coefficient (Wildman–Crippen LogP) is 4.03. The molecule has 4 rings (SSSR count). The maximum Gasteiger partial charge on any atom is 0.224 e. The molecule has 0 saturated carbocycles. The van der Waals surface area contributed by atoms with Crippen LogP contribution in [0.15, 0.2) is 60.8 Å². The van der Waals surface area contributed by atoms with Crippen molar-refractivity contribution in [2.24, 2.45) is 0 Å². The molecule has 0 aliphatic carbocycles. The average Bonchev–Trinajstić information content (AvgIpc) is 2.75. The molecule has 1 saturated heterocycles. The van der Waals surface area contributed by atoms with Gasteiger partial charge in [0.1, 0.15) is 5.82 Å². The van der Waals surface area contributed by atoms with E-state index in [9.17, 15) is 0 Å². The summed E-state index contributed by atoms with van der Waals surface area (Å²) >= 11 is 0. The zero-order chi connectivity index (χ0) is 19.3. The lowest BCUT2D eigenvalue weighted by molar-refractivity contribution is 0.645. The summed E-state index contributed by atoms with van der Waals surface area (Å²) in [7, 11) is 0. The Hall–Kier alpha value is -3.08. The second kappa shape index (κ2) is 8.30. The number of rotatable bonds is 5. The Morgan fingerprint density at radius 1 is 0.857 bits per heavy atom. The van der Waals surface area contributed by atoms with Crippen molar-refractivity contribution in [1.82, 2.24) is 9.97 Å². The maximum absolute atomic E-state index is 4.73. The van der Waals surface area contributed by atoms with Crippen LogP contribution in [0.1, 0.15) is 16.7 Å². The summed E-state index contributed by atoms with van der Waals surface area (Å²) in [6, 6.07) is 18.9. The van der Waals surface area contributed by atoms with Gasteiger partial charge in [0.15, 0.2) is 0 Å². The van der Waals surface area contributed by atoms with Crippen molar-refractivity contribution in [2.75, 3.05) is 41.3 Å². The monoisotopic (exact) mass is 373 g/mol. The molecule has 0 spiro atoms. The molecule has 0 radical (unpaired) electrons. The fraction of sp³-hybridized carbons (Fsp3) is 0.304. The van der Waals surface area contributed by atoms with Crippen molar-refractivity contribution in [3.8, 4) is 0 Å². The molecule has 2 aromatic carbocycles. The number of nitrogens with one attached hydrogen (secondary N) is 1. The second-order valence-electron chi connectivity index (χ2n) is 7.27. The van der Waals surface area contributed by atoms with Crippen LogP contribution < -0.4 is 15.1 Å². The average molecular weight is 374 g/mol. The van der Waals surface area contributed by atoms with Gasteiger partial charge in [-0.05, 0) is 42.7 Å². The summed E-state index contributed by atoms with van der Waals surface area (Å²) in [5.74, 6) is 1.67. The summed E-state index contributed by atoms with van der Waals surface area (Å²) in [6.45, 7) is 9.05. The first-order valence-corrected chi connectivity index (χ1v) is 9.87. The molecular weight excluding hydrogens is 346 g/mol. The summed E-state index contributed by atoms with van der Waals surface area (Å²) in [6.07, 6.45) is 1.84. The number of aryl methyl sites for hydroxylation is 1. The van der Waals surface area contributed by atoms with Gasteiger partial charge in [-0.15, -0.1) is 0 Å². The predicted molar refractivity (Wildman–Crippen MR) is 116 cm³/mol. The van der Waals surface area contributed by atoms with Crippen LogP contribution in [0.3, 0.4) is 0 Å². The molecule has 5 nitrogen and oxygen atoms in total. The van der Waals surface area contributed by atoms with Crippen molar-refractivity contribution in [3.05, 3.63) is 77.5 Å². The van der Waals surface area contributed by atoms with E-state index in [1.54, 1.807) is 0 Å². The van der Waals surface area contributed by atoms with Gasteiger partial charge < -0.3 is 15.1 Å². The molecule has 1 aliphatic rings. The van der Waals surface area contributed by atoms with Crippen molar-refractivity contribution in [2.45, 2.75) is 20.4 Å². The van der Waals surface area contributed by atoms with Gasteiger partial charge in [-0.25, -0.2) is 4.98 Å². The van der Waals surface area contributed by atoms with Gasteiger partial charge in [0.2, 0.25) is 5.95 Å². The molecule has 1 aromatic heterocycles. The van der Waals surface area contributed by atoms with Gasteiger partial charge in [-0.2, -0.15) is 4.98 Å². The lowest BCUT2D eigenvalue weighted by Gasteiger charge is -2.37. The molecule has 1 fully saturated rings. The highest BCUT2D eigenvalue weighted by molar-refractivity contribution is 5.57. The third-order valence-corrected chi connectivity index (χ3v) is 5.45. The Labute approximate surface area is 167 Å². The minimum Gasteiger partial charge on any atom is -0.368 e. The first-order chi connectivity index (χ1) is 13.7. The number of aromatic nitrogens is 2. The van der Waals surface area contributed by atoms with Crippen molar-refractivity contribution < 1.29 is 0 Å². The maximum atomic E-state index is 4.73. The topological polar surface area (TPSA) is 44.3 Å². The van der Waals surface area contributed by atoms with Crippen LogP contribution in [0, 0.1) is 13.8 Å². The molecule has 0 amide bonds. The Morgan fingerprint density at radius 3 is 2.39 bits per heavy atom. The molecule has 1 N–H and O–H groups in total. The van der Waals surface area contributed by atoms with Crippen LogP contribution in [-0.2, 0) is 6.54 Å². The number of hydrogen-bond donors (Lipinski definition) is 1. The van der Waals surface area contributed by atoms with Crippen LogP contribution >= 0.6 is 0 Å². The fourth-order valence-electron chi connectivity index (χ4n) is 3.64. The SMILES string of the molecule is Cc1cccc(N2CCN(c3ccnc(NCc4ccccc4)n3)CC2)c1C. The highest BCUT2D eigenvalue weighted by atomic mass is 15.3. The van der Waals surface area contributed by atoms with Gasteiger partial charge in [0.25, 0.3) is 0 Å². The lowest BCUT2D eigenvalue weighted by Crippen LogP contribution is -2.47. The summed E-state index contributed by atoms with van der Waals surface area (Å²) in [5.41, 5.74) is 5.31. The first kappa shape index (κ1) is 18.3. The van der Waals surface area contributed by atoms with Gasteiger partial charge in [0, 0.05) is 44.6 Å². The molecule has 144 valence electrons. The minimum atomic E-state index is 0.679. The molecule has 0 atom stereocenters. The quantitative estimate of drug-likeness (QED) is 0.731. The fourth-order valence-corrected chi connectivity index (χ4v) is 3.64. The minimum absolute atomic E-state index is 0.679. The van der Waals surface area contributed by atoms with E-state index < -0.39 is 0 Å². The third-order valence-electron chi connectivity index (χ3n) is 5.45. The van der Waals surface area contributed by atoms with Crippen molar-refractivity contribution in [1.29, 1.82) is 0 Å². The highest BCUT2D eigenvalue weighted by Crippen LogP contribution is 2.25. The molecule has 5 heteroatoms. The number of nitrogens with zero attached hydrogens (tertiary/aromatic N) is 4. The highest BCUT2D eigenvalue weighted by Gasteiger charge is 2.20. The third kappa shape index (κ3) is 4.09. The van der Waals surface area contributed by atoms with Crippen molar-refractivity contribution >= 4 is 17.5 Å². The van der Waals surface area contributed by atoms with E-state index in [-0.39, 0.29) is 0 Å². The van der Waals surface area contributed by atoms with Crippen LogP contribution in [0.25, 0.3) is 0 Å². The summed E-state index contributed by atoms with van der Waals surface area (Å²) in [5, 5.41) is 3.33. The van der Waals surface area contributed by atoms with Gasteiger partial charge in [-0.1, -0.05) is 42.5 Å². The second-order valence-corrected chi connectivity index (χ2v) is 7.27. The zero-order valence-corrected chi connectivity index (χ0v) is 16.6. The largest absolute Gasteiger partial charge is 0.368 e. The van der Waals surface area contributed by atoms with E-state index in [0.29, 0.717) is 5.95 Å². The normalized spacial score (nSPS) is 14.2. The molecule has 0 bridgehead atoms. The van der Waals surface area contributed by atoms with Crippen LogP contribution in [0.2, 0.25) is 0 Å². The standard InChI is InChI=1S/C23H27N5/c1-18-7-6-10-21(19(18)2)27-13-15-28(16-14-27)22-11-12-24-23(26-22)25-17-20-8-4-3-5-9-20/h3-12H,13-17H2,1-2H3,(H,24,25,26). The number of hydrogen-bond acceptors (Lipinski definition) is 5. The number of anilines is 3. The van der Waals surface area contributed by atoms with E-state index in [0.717, 1.165) is 38.5 Å². The molecule has 2 heterocycles. The van der Waals surface area contributed by atoms with Crippen LogP contribution in [0.5, 0.6) is 0 Å². The molecule has 28 heavy (non-hydrogen) atoms. The summed E-state index contributed by atoms with van der Waals surface area (Å²) in [4.78, 5) is 13.9. The number of benzene rings is 2. The first-order valence-electron chi connectivity index (χ1n) is 9.87. The van der Waals surface area contributed by atoms with E-state index >= 15 is 0 Å². The Kier molecular flexibility index (Phi) is 5.42. The zero-order valence-electron chi connectivity index (χ0n) is 16.6. The van der Waals surface area contributed by atoms with E-state index in [4.69, 9.17) is 4.98 Å². The smallest absolute Gasteiger partial charge is 0.224 e. The van der Waals surface area contributed by atoms with E-state index in [1.165, 1.54) is 22.4 Å². The van der Waals surface area contributed by atoms with E-state index in [2.05, 4.69) is 64.3 Å². The molecule has 1 aliphatic heterocycles. The molecule has 0 unspecified atom stereocenters. The Balaban J connectivity index is 1.39. The van der Waals surface area contributed by atoms with E-state index in [1.807, 2.05) is 30.5 Å². The van der Waals surface area contributed by atoms with Crippen molar-refractivity contribution in [3.63, 3.8) is 0 Å². The Morgan fingerprint density at radius 2 is 1.61 bits per heavy atom. The van der Waals surface area contributed by atoms with Crippen LogP contribution in [-0.4, -0.2) is 36.1 Å². The van der Waals surface area contributed by atoms with Gasteiger partial charge in [-0.3, -0.25) is 0 Å².